The summed E-state index contributed by atoms with van der Waals surface area (Å²) in [6.07, 6.45) is 3.80. The summed E-state index contributed by atoms with van der Waals surface area (Å²) in [4.78, 5) is 11.9. The Balaban J connectivity index is 1.85. The van der Waals surface area contributed by atoms with E-state index in [0.29, 0.717) is 11.6 Å². The Kier molecular flexibility index (Phi) is 4.12. The SMILES string of the molecule is Cc1nn(CC(=O)NCC2CCCC2C)c(C)c1N. The zero-order chi connectivity index (χ0) is 14.0. The van der Waals surface area contributed by atoms with Gasteiger partial charge in [0, 0.05) is 6.54 Å². The number of carbonyl (C=O) groups is 1. The summed E-state index contributed by atoms with van der Waals surface area (Å²) in [5, 5.41) is 7.29. The van der Waals surface area contributed by atoms with Crippen molar-refractivity contribution >= 4 is 11.6 Å². The molecule has 1 fully saturated rings. The summed E-state index contributed by atoms with van der Waals surface area (Å²) in [6.45, 7) is 7.06. The van der Waals surface area contributed by atoms with Gasteiger partial charge in [-0.15, -0.1) is 0 Å². The van der Waals surface area contributed by atoms with Crippen LogP contribution in [0.2, 0.25) is 0 Å². The topological polar surface area (TPSA) is 72.9 Å². The van der Waals surface area contributed by atoms with Gasteiger partial charge in [-0.2, -0.15) is 5.10 Å². The third-order valence-electron chi connectivity index (χ3n) is 4.33. The number of amides is 1. The van der Waals surface area contributed by atoms with Crippen LogP contribution in [0.1, 0.15) is 37.6 Å². The van der Waals surface area contributed by atoms with Crippen molar-refractivity contribution < 1.29 is 4.79 Å². The number of nitrogen functional groups attached to an aromatic ring is 1. The van der Waals surface area contributed by atoms with E-state index in [0.717, 1.165) is 23.9 Å². The molecule has 2 atom stereocenters. The van der Waals surface area contributed by atoms with Crippen molar-refractivity contribution in [3.05, 3.63) is 11.4 Å². The molecule has 3 N–H and O–H groups in total. The molecule has 1 saturated carbocycles. The number of anilines is 1. The van der Waals surface area contributed by atoms with E-state index in [1.165, 1.54) is 19.3 Å². The summed E-state index contributed by atoms with van der Waals surface area (Å²) < 4.78 is 1.68. The maximum absolute atomic E-state index is 11.9. The molecule has 19 heavy (non-hydrogen) atoms. The van der Waals surface area contributed by atoms with Gasteiger partial charge in [-0.25, -0.2) is 0 Å². The Hall–Kier alpha value is -1.52. The highest BCUT2D eigenvalue weighted by Crippen LogP contribution is 2.30. The number of nitrogens with zero attached hydrogens (tertiary/aromatic N) is 2. The van der Waals surface area contributed by atoms with Crippen molar-refractivity contribution in [2.24, 2.45) is 11.8 Å². The molecule has 1 heterocycles. The quantitative estimate of drug-likeness (QED) is 0.868. The van der Waals surface area contributed by atoms with Crippen LogP contribution in [0.5, 0.6) is 0 Å². The van der Waals surface area contributed by atoms with Gasteiger partial charge in [0.25, 0.3) is 0 Å². The smallest absolute Gasteiger partial charge is 0.241 e. The molecule has 1 aliphatic carbocycles. The van der Waals surface area contributed by atoms with Gasteiger partial charge >= 0.3 is 0 Å². The molecule has 1 aromatic rings. The van der Waals surface area contributed by atoms with Gasteiger partial charge in [-0.3, -0.25) is 9.48 Å². The predicted octanol–water partition coefficient (Wildman–Crippen LogP) is 1.63. The van der Waals surface area contributed by atoms with Crippen LogP contribution in [-0.2, 0) is 11.3 Å². The van der Waals surface area contributed by atoms with Crippen LogP contribution in [0.3, 0.4) is 0 Å². The van der Waals surface area contributed by atoms with Crippen molar-refractivity contribution in [1.82, 2.24) is 15.1 Å². The van der Waals surface area contributed by atoms with Gasteiger partial charge in [0.2, 0.25) is 5.91 Å². The molecular weight excluding hydrogens is 240 g/mol. The summed E-state index contributed by atoms with van der Waals surface area (Å²) in [5.74, 6) is 1.38. The number of aromatic nitrogens is 2. The monoisotopic (exact) mass is 264 g/mol. The second-order valence-corrected chi connectivity index (χ2v) is 5.71. The van der Waals surface area contributed by atoms with Crippen molar-refractivity contribution in [3.63, 3.8) is 0 Å². The highest BCUT2D eigenvalue weighted by Gasteiger charge is 2.23. The van der Waals surface area contributed by atoms with Gasteiger partial charge in [-0.05, 0) is 32.1 Å². The minimum absolute atomic E-state index is 0.0182. The van der Waals surface area contributed by atoms with Gasteiger partial charge in [-0.1, -0.05) is 19.8 Å². The molecule has 0 radical (unpaired) electrons. The molecule has 0 saturated heterocycles. The summed E-state index contributed by atoms with van der Waals surface area (Å²) in [7, 11) is 0. The van der Waals surface area contributed by atoms with E-state index in [-0.39, 0.29) is 12.5 Å². The number of nitrogens with one attached hydrogen (secondary N) is 1. The summed E-state index contributed by atoms with van der Waals surface area (Å²) in [6, 6.07) is 0. The van der Waals surface area contributed by atoms with Crippen LogP contribution >= 0.6 is 0 Å². The number of hydrogen-bond acceptors (Lipinski definition) is 3. The van der Waals surface area contributed by atoms with Crippen molar-refractivity contribution in [3.8, 4) is 0 Å². The molecule has 5 heteroatoms. The average Bonchev–Trinajstić information content (AvgIpc) is 2.87. The minimum Gasteiger partial charge on any atom is -0.396 e. The molecule has 0 aromatic carbocycles. The minimum atomic E-state index is 0.0182. The Morgan fingerprint density at radius 1 is 1.47 bits per heavy atom. The lowest BCUT2D eigenvalue weighted by Gasteiger charge is -2.16. The van der Waals surface area contributed by atoms with E-state index < -0.39 is 0 Å². The van der Waals surface area contributed by atoms with Gasteiger partial charge in [0.1, 0.15) is 6.54 Å². The first-order chi connectivity index (χ1) is 8.99. The molecule has 1 amide bonds. The lowest BCUT2D eigenvalue weighted by Crippen LogP contribution is -2.33. The molecule has 1 aliphatic rings. The van der Waals surface area contributed by atoms with E-state index in [1.807, 2.05) is 13.8 Å². The molecule has 0 spiro atoms. The summed E-state index contributed by atoms with van der Waals surface area (Å²) in [5.41, 5.74) is 8.18. The van der Waals surface area contributed by atoms with E-state index >= 15 is 0 Å². The lowest BCUT2D eigenvalue weighted by molar-refractivity contribution is -0.122. The Morgan fingerprint density at radius 3 is 2.74 bits per heavy atom. The van der Waals surface area contributed by atoms with Crippen LogP contribution in [0.25, 0.3) is 0 Å². The molecule has 0 aliphatic heterocycles. The lowest BCUT2D eigenvalue weighted by atomic mass is 9.98. The molecular formula is C14H24N4O. The van der Waals surface area contributed by atoms with Crippen molar-refractivity contribution in [2.45, 2.75) is 46.6 Å². The first-order valence-electron chi connectivity index (χ1n) is 7.05. The Labute approximate surface area is 114 Å². The third kappa shape index (κ3) is 3.08. The normalized spacial score (nSPS) is 22.7. The summed E-state index contributed by atoms with van der Waals surface area (Å²) >= 11 is 0. The fourth-order valence-corrected chi connectivity index (χ4v) is 2.83. The zero-order valence-corrected chi connectivity index (χ0v) is 12.1. The second-order valence-electron chi connectivity index (χ2n) is 5.71. The fraction of sp³-hybridized carbons (Fsp3) is 0.714. The Morgan fingerprint density at radius 2 is 2.21 bits per heavy atom. The average molecular weight is 264 g/mol. The standard InChI is InChI=1S/C14H24N4O/c1-9-5-4-6-12(9)7-16-13(19)8-18-11(3)14(15)10(2)17-18/h9,12H,4-8,15H2,1-3H3,(H,16,19). The predicted molar refractivity (Wildman–Crippen MR) is 75.6 cm³/mol. The number of carbonyl (C=O) groups excluding carboxylic acids is 1. The van der Waals surface area contributed by atoms with Crippen LogP contribution in [-0.4, -0.2) is 22.2 Å². The Bertz CT molecular complexity index is 466. The second kappa shape index (κ2) is 5.63. The van der Waals surface area contributed by atoms with Gasteiger partial charge < -0.3 is 11.1 Å². The molecule has 5 nitrogen and oxygen atoms in total. The van der Waals surface area contributed by atoms with Crippen LogP contribution in [0.4, 0.5) is 5.69 Å². The maximum atomic E-state index is 11.9. The fourth-order valence-electron chi connectivity index (χ4n) is 2.83. The molecule has 106 valence electrons. The largest absolute Gasteiger partial charge is 0.396 e. The number of aryl methyl sites for hydroxylation is 1. The van der Waals surface area contributed by atoms with Gasteiger partial charge in [0.15, 0.2) is 0 Å². The van der Waals surface area contributed by atoms with E-state index in [1.54, 1.807) is 4.68 Å². The molecule has 2 rings (SSSR count). The van der Waals surface area contributed by atoms with Crippen LogP contribution < -0.4 is 11.1 Å². The number of rotatable bonds is 4. The van der Waals surface area contributed by atoms with E-state index in [2.05, 4.69) is 17.3 Å². The molecule has 2 unspecified atom stereocenters. The first kappa shape index (κ1) is 13.9. The number of nitrogens with two attached hydrogens (primary N) is 1. The van der Waals surface area contributed by atoms with Crippen LogP contribution in [0.15, 0.2) is 0 Å². The highest BCUT2D eigenvalue weighted by atomic mass is 16.2. The molecule has 1 aromatic heterocycles. The van der Waals surface area contributed by atoms with Crippen LogP contribution in [0, 0.1) is 25.7 Å². The third-order valence-corrected chi connectivity index (χ3v) is 4.33. The highest BCUT2D eigenvalue weighted by molar-refractivity contribution is 5.75. The van der Waals surface area contributed by atoms with E-state index in [9.17, 15) is 4.79 Å². The van der Waals surface area contributed by atoms with Crippen molar-refractivity contribution in [2.75, 3.05) is 12.3 Å². The first-order valence-corrected chi connectivity index (χ1v) is 7.05. The molecule has 0 bridgehead atoms. The number of hydrogen-bond donors (Lipinski definition) is 2. The van der Waals surface area contributed by atoms with Crippen molar-refractivity contribution in [1.29, 1.82) is 0 Å². The van der Waals surface area contributed by atoms with E-state index in [4.69, 9.17) is 5.73 Å². The zero-order valence-electron chi connectivity index (χ0n) is 12.1. The van der Waals surface area contributed by atoms with Gasteiger partial charge in [0.05, 0.1) is 17.1 Å². The maximum Gasteiger partial charge on any atom is 0.241 e.